The molecule has 0 bridgehead atoms. The van der Waals surface area contributed by atoms with Crippen LogP contribution in [0.4, 0.5) is 0 Å². The number of halogens is 1. The summed E-state index contributed by atoms with van der Waals surface area (Å²) < 4.78 is 0.812. The van der Waals surface area contributed by atoms with Crippen molar-refractivity contribution in [3.63, 3.8) is 0 Å². The number of phenolic OH excluding ortho intramolecular Hbond substituents is 1. The summed E-state index contributed by atoms with van der Waals surface area (Å²) in [6.07, 6.45) is 0. The number of rotatable bonds is 1. The van der Waals surface area contributed by atoms with E-state index < -0.39 is 0 Å². The van der Waals surface area contributed by atoms with Gasteiger partial charge in [0.15, 0.2) is 0 Å². The van der Waals surface area contributed by atoms with Crippen LogP contribution in [0, 0.1) is 11.3 Å². The third-order valence-corrected chi connectivity index (χ3v) is 1.91. The second kappa shape index (κ2) is 3.42. The molecular formula is C9H6BrNO. The summed E-state index contributed by atoms with van der Waals surface area (Å²) in [6, 6.07) is 6.74. The van der Waals surface area contributed by atoms with Crippen LogP contribution in [0.3, 0.4) is 0 Å². The number of nitriles is 1. The highest BCUT2D eigenvalue weighted by molar-refractivity contribution is 9.10. The zero-order chi connectivity index (χ0) is 9.14. The van der Waals surface area contributed by atoms with E-state index in [1.807, 2.05) is 6.07 Å². The van der Waals surface area contributed by atoms with Crippen LogP contribution < -0.4 is 0 Å². The molecule has 12 heavy (non-hydrogen) atoms. The van der Waals surface area contributed by atoms with Crippen molar-refractivity contribution in [3.8, 4) is 11.8 Å². The van der Waals surface area contributed by atoms with E-state index in [0.717, 1.165) is 4.47 Å². The Morgan fingerprint density at radius 1 is 1.58 bits per heavy atom. The van der Waals surface area contributed by atoms with E-state index in [0.29, 0.717) is 5.56 Å². The van der Waals surface area contributed by atoms with E-state index in [2.05, 4.69) is 22.5 Å². The highest BCUT2D eigenvalue weighted by atomic mass is 79.9. The lowest BCUT2D eigenvalue weighted by Crippen LogP contribution is -1.80. The molecule has 0 aliphatic rings. The molecule has 0 amide bonds. The number of hydrogen-bond donors (Lipinski definition) is 1. The number of hydrogen-bond acceptors (Lipinski definition) is 2. The minimum Gasteiger partial charge on any atom is -0.507 e. The van der Waals surface area contributed by atoms with Gasteiger partial charge < -0.3 is 5.11 Å². The molecule has 0 aliphatic heterocycles. The Balaban J connectivity index is 3.25. The minimum absolute atomic E-state index is 0.0738. The maximum atomic E-state index is 9.30. The Hall–Kier alpha value is -1.27. The molecule has 0 aromatic heterocycles. The Kier molecular flexibility index (Phi) is 2.51. The van der Waals surface area contributed by atoms with Gasteiger partial charge in [0, 0.05) is 10.0 Å². The molecule has 0 unspecified atom stereocenters. The van der Waals surface area contributed by atoms with Gasteiger partial charge in [-0.1, -0.05) is 22.5 Å². The minimum atomic E-state index is 0.0738. The van der Waals surface area contributed by atoms with Crippen LogP contribution in [0.5, 0.6) is 5.75 Å². The Bertz CT molecular complexity index is 365. The maximum absolute atomic E-state index is 9.30. The smallest absolute Gasteiger partial charge is 0.124 e. The van der Waals surface area contributed by atoms with Crippen molar-refractivity contribution in [2.75, 3.05) is 0 Å². The highest BCUT2D eigenvalue weighted by Gasteiger charge is 2.04. The maximum Gasteiger partial charge on any atom is 0.124 e. The zero-order valence-corrected chi connectivity index (χ0v) is 7.80. The summed E-state index contributed by atoms with van der Waals surface area (Å²) in [5, 5.41) is 17.8. The van der Waals surface area contributed by atoms with Crippen molar-refractivity contribution < 1.29 is 5.11 Å². The molecule has 0 saturated heterocycles. The molecule has 0 aliphatic carbocycles. The molecule has 1 aromatic rings. The SMILES string of the molecule is C=C(C#N)c1cc(Br)ccc1O. The third-order valence-electron chi connectivity index (χ3n) is 1.42. The fourth-order valence-corrected chi connectivity index (χ4v) is 1.17. The second-order valence-electron chi connectivity index (χ2n) is 2.25. The van der Waals surface area contributed by atoms with Crippen molar-refractivity contribution in [1.29, 1.82) is 5.26 Å². The first-order chi connectivity index (χ1) is 5.65. The van der Waals surface area contributed by atoms with Crippen LogP contribution in [-0.4, -0.2) is 5.11 Å². The average molecular weight is 224 g/mol. The van der Waals surface area contributed by atoms with Gasteiger partial charge in [0.1, 0.15) is 5.75 Å². The van der Waals surface area contributed by atoms with Crippen molar-refractivity contribution in [1.82, 2.24) is 0 Å². The van der Waals surface area contributed by atoms with Crippen molar-refractivity contribution in [2.24, 2.45) is 0 Å². The Morgan fingerprint density at radius 3 is 2.83 bits per heavy atom. The molecule has 0 spiro atoms. The van der Waals surface area contributed by atoms with Crippen LogP contribution >= 0.6 is 15.9 Å². The van der Waals surface area contributed by atoms with Crippen LogP contribution in [0.2, 0.25) is 0 Å². The molecule has 0 fully saturated rings. The van der Waals surface area contributed by atoms with E-state index in [9.17, 15) is 5.11 Å². The fraction of sp³-hybridized carbons (Fsp3) is 0. The average Bonchev–Trinajstić information content (AvgIpc) is 2.08. The highest BCUT2D eigenvalue weighted by Crippen LogP contribution is 2.26. The first-order valence-corrected chi connectivity index (χ1v) is 4.02. The fourth-order valence-electron chi connectivity index (χ4n) is 0.810. The summed E-state index contributed by atoms with van der Waals surface area (Å²) >= 11 is 3.23. The summed E-state index contributed by atoms with van der Waals surface area (Å²) in [4.78, 5) is 0. The van der Waals surface area contributed by atoms with Gasteiger partial charge in [-0.15, -0.1) is 0 Å². The topological polar surface area (TPSA) is 44.0 Å². The molecule has 1 rings (SSSR count). The molecule has 0 atom stereocenters. The number of phenols is 1. The first kappa shape index (κ1) is 8.82. The third kappa shape index (κ3) is 1.66. The van der Waals surface area contributed by atoms with Gasteiger partial charge in [0.2, 0.25) is 0 Å². The largest absolute Gasteiger partial charge is 0.507 e. The lowest BCUT2D eigenvalue weighted by Gasteiger charge is -2.01. The molecule has 0 heterocycles. The quantitative estimate of drug-likeness (QED) is 0.745. The Labute approximate surface area is 78.9 Å². The monoisotopic (exact) mass is 223 g/mol. The van der Waals surface area contributed by atoms with Gasteiger partial charge in [0.05, 0.1) is 11.6 Å². The molecule has 0 saturated carbocycles. The van der Waals surface area contributed by atoms with Gasteiger partial charge in [-0.3, -0.25) is 0 Å². The molecule has 1 aromatic carbocycles. The molecule has 2 nitrogen and oxygen atoms in total. The van der Waals surface area contributed by atoms with Gasteiger partial charge >= 0.3 is 0 Å². The van der Waals surface area contributed by atoms with E-state index in [1.54, 1.807) is 12.1 Å². The Morgan fingerprint density at radius 2 is 2.25 bits per heavy atom. The number of aromatic hydroxyl groups is 1. The van der Waals surface area contributed by atoms with Gasteiger partial charge in [-0.05, 0) is 18.2 Å². The van der Waals surface area contributed by atoms with E-state index >= 15 is 0 Å². The normalized spacial score (nSPS) is 9.00. The predicted octanol–water partition coefficient (Wildman–Crippen LogP) is 2.69. The van der Waals surface area contributed by atoms with Gasteiger partial charge in [0.25, 0.3) is 0 Å². The van der Waals surface area contributed by atoms with Crippen molar-refractivity contribution >= 4 is 21.5 Å². The summed E-state index contributed by atoms with van der Waals surface area (Å²) in [5.41, 5.74) is 0.723. The molecule has 1 N–H and O–H groups in total. The number of nitrogens with zero attached hydrogens (tertiary/aromatic N) is 1. The van der Waals surface area contributed by atoms with Crippen LogP contribution in [0.25, 0.3) is 5.57 Å². The summed E-state index contributed by atoms with van der Waals surface area (Å²) in [7, 11) is 0. The van der Waals surface area contributed by atoms with Crippen LogP contribution in [-0.2, 0) is 0 Å². The number of benzene rings is 1. The lowest BCUT2D eigenvalue weighted by molar-refractivity contribution is 0.473. The molecule has 0 radical (unpaired) electrons. The molecular weight excluding hydrogens is 218 g/mol. The van der Waals surface area contributed by atoms with E-state index in [1.165, 1.54) is 6.07 Å². The summed E-state index contributed by atoms with van der Waals surface area (Å²) in [6.45, 7) is 3.50. The van der Waals surface area contributed by atoms with Gasteiger partial charge in [-0.25, -0.2) is 0 Å². The first-order valence-electron chi connectivity index (χ1n) is 3.23. The zero-order valence-electron chi connectivity index (χ0n) is 6.21. The van der Waals surface area contributed by atoms with E-state index in [-0.39, 0.29) is 11.3 Å². The van der Waals surface area contributed by atoms with E-state index in [4.69, 9.17) is 5.26 Å². The predicted molar refractivity (Wildman–Crippen MR) is 50.5 cm³/mol. The van der Waals surface area contributed by atoms with Crippen LogP contribution in [0.15, 0.2) is 29.3 Å². The standard InChI is InChI=1S/C9H6BrNO/c1-6(5-11)8-4-7(10)2-3-9(8)12/h2-4,12H,1H2. The molecule has 3 heteroatoms. The van der Waals surface area contributed by atoms with Gasteiger partial charge in [-0.2, -0.15) is 5.26 Å². The summed E-state index contributed by atoms with van der Waals surface area (Å²) in [5.74, 6) is 0.0738. The van der Waals surface area contributed by atoms with Crippen molar-refractivity contribution in [2.45, 2.75) is 0 Å². The second-order valence-corrected chi connectivity index (χ2v) is 3.17. The van der Waals surface area contributed by atoms with Crippen LogP contribution in [0.1, 0.15) is 5.56 Å². The number of allylic oxidation sites excluding steroid dienone is 1. The molecule has 60 valence electrons. The lowest BCUT2D eigenvalue weighted by atomic mass is 10.1. The van der Waals surface area contributed by atoms with Crippen molar-refractivity contribution in [3.05, 3.63) is 34.8 Å².